The molecule has 0 saturated carbocycles. The molecule has 0 spiro atoms. The van der Waals surface area contributed by atoms with Gasteiger partial charge in [0.15, 0.2) is 11.5 Å². The van der Waals surface area contributed by atoms with Crippen LogP contribution in [0.25, 0.3) is 11.3 Å². The van der Waals surface area contributed by atoms with E-state index in [1.165, 1.54) is 0 Å². The molecular weight excluding hydrogens is 518 g/mol. The van der Waals surface area contributed by atoms with Crippen LogP contribution in [0.1, 0.15) is 58.2 Å². The van der Waals surface area contributed by atoms with Crippen LogP contribution in [0, 0.1) is 19.8 Å². The van der Waals surface area contributed by atoms with Crippen LogP contribution in [0.5, 0.6) is 23.0 Å². The molecule has 2 heterocycles. The van der Waals surface area contributed by atoms with Gasteiger partial charge in [-0.2, -0.15) is 5.10 Å². The average Bonchev–Trinajstić information content (AvgIpc) is 3.51. The Labute approximate surface area is 240 Å². The summed E-state index contributed by atoms with van der Waals surface area (Å²) >= 11 is 0. The van der Waals surface area contributed by atoms with Gasteiger partial charge < -0.3 is 24.2 Å². The van der Waals surface area contributed by atoms with E-state index in [1.54, 1.807) is 14.2 Å². The molecule has 0 aliphatic carbocycles. The van der Waals surface area contributed by atoms with Crippen LogP contribution in [-0.4, -0.2) is 53.5 Å². The lowest BCUT2D eigenvalue weighted by atomic mass is 9.93. The van der Waals surface area contributed by atoms with Crippen LogP contribution < -0.4 is 14.2 Å². The second-order valence-corrected chi connectivity index (χ2v) is 11.0. The molecule has 0 saturated heterocycles. The van der Waals surface area contributed by atoms with Crippen molar-refractivity contribution < 1.29 is 24.1 Å². The van der Waals surface area contributed by atoms with Gasteiger partial charge in [-0.3, -0.25) is 9.89 Å². The summed E-state index contributed by atoms with van der Waals surface area (Å²) in [6.07, 6.45) is 0.654. The minimum atomic E-state index is -0.447. The van der Waals surface area contributed by atoms with Crippen LogP contribution in [-0.2, 0) is 6.42 Å². The third-order valence-electron chi connectivity index (χ3n) is 7.44. The van der Waals surface area contributed by atoms with Crippen LogP contribution in [0.15, 0.2) is 54.6 Å². The Balaban J connectivity index is 1.59. The first-order valence-electron chi connectivity index (χ1n) is 13.8. The fourth-order valence-corrected chi connectivity index (χ4v) is 5.39. The summed E-state index contributed by atoms with van der Waals surface area (Å²) in [4.78, 5) is 15.7. The number of nitrogens with zero attached hydrogens (tertiary/aromatic N) is 2. The lowest BCUT2D eigenvalue weighted by molar-refractivity contribution is 0.0745. The van der Waals surface area contributed by atoms with Gasteiger partial charge in [0, 0.05) is 17.7 Å². The number of methoxy groups -OCH3 is 2. The van der Waals surface area contributed by atoms with Gasteiger partial charge in [-0.15, -0.1) is 0 Å². The second kappa shape index (κ2) is 11.6. The van der Waals surface area contributed by atoms with Gasteiger partial charge >= 0.3 is 0 Å². The Morgan fingerprint density at radius 3 is 2.44 bits per heavy atom. The van der Waals surface area contributed by atoms with Crippen molar-refractivity contribution in [2.24, 2.45) is 5.92 Å². The van der Waals surface area contributed by atoms with Gasteiger partial charge in [-0.1, -0.05) is 38.1 Å². The molecule has 4 aromatic rings. The number of benzene rings is 3. The topological polar surface area (TPSA) is 96.9 Å². The molecule has 1 aliphatic heterocycles. The fourth-order valence-electron chi connectivity index (χ4n) is 5.39. The number of rotatable bonds is 10. The number of phenolic OH excluding ortho intramolecular Hbond substituents is 1. The van der Waals surface area contributed by atoms with Crippen molar-refractivity contribution in [2.45, 2.75) is 40.2 Å². The summed E-state index contributed by atoms with van der Waals surface area (Å²) < 4.78 is 17.0. The van der Waals surface area contributed by atoms with E-state index in [-0.39, 0.29) is 11.7 Å². The van der Waals surface area contributed by atoms with Gasteiger partial charge in [-0.25, -0.2) is 0 Å². The maximum Gasteiger partial charge on any atom is 0.273 e. The Bertz CT molecular complexity index is 1560. The zero-order valence-corrected chi connectivity index (χ0v) is 24.4. The summed E-state index contributed by atoms with van der Waals surface area (Å²) in [5.74, 6) is 2.41. The number of fused-ring (bicyclic) bond motifs is 1. The lowest BCUT2D eigenvalue weighted by Crippen LogP contribution is -2.31. The third-order valence-corrected chi connectivity index (χ3v) is 7.44. The number of hydrogen-bond acceptors (Lipinski definition) is 6. The van der Waals surface area contributed by atoms with Gasteiger partial charge in [0.25, 0.3) is 5.91 Å². The number of ether oxygens (including phenoxy) is 3. The number of hydrogen-bond donors (Lipinski definition) is 2. The van der Waals surface area contributed by atoms with Gasteiger partial charge in [0.2, 0.25) is 0 Å². The van der Waals surface area contributed by atoms with Crippen molar-refractivity contribution in [3.63, 3.8) is 0 Å². The summed E-state index contributed by atoms with van der Waals surface area (Å²) in [5.41, 5.74) is 6.04. The predicted octanol–water partition coefficient (Wildman–Crippen LogP) is 6.24. The highest BCUT2D eigenvalue weighted by Crippen LogP contribution is 2.46. The van der Waals surface area contributed by atoms with E-state index in [0.29, 0.717) is 53.9 Å². The lowest BCUT2D eigenvalue weighted by Gasteiger charge is -2.27. The normalized spacial score (nSPS) is 14.5. The Morgan fingerprint density at radius 2 is 1.76 bits per heavy atom. The zero-order chi connectivity index (χ0) is 29.3. The van der Waals surface area contributed by atoms with E-state index >= 15 is 0 Å². The number of aromatic nitrogens is 2. The smallest absolute Gasteiger partial charge is 0.273 e. The van der Waals surface area contributed by atoms with E-state index in [1.807, 2.05) is 73.3 Å². The molecule has 1 aromatic heterocycles. The minimum Gasteiger partial charge on any atom is -0.507 e. The highest BCUT2D eigenvalue weighted by Gasteiger charge is 2.42. The summed E-state index contributed by atoms with van der Waals surface area (Å²) in [6.45, 7) is 9.07. The maximum absolute atomic E-state index is 13.9. The molecule has 0 fully saturated rings. The molecule has 1 amide bonds. The number of amides is 1. The largest absolute Gasteiger partial charge is 0.507 e. The van der Waals surface area contributed by atoms with Crippen LogP contribution in [0.2, 0.25) is 0 Å². The van der Waals surface area contributed by atoms with Crippen molar-refractivity contribution in [1.82, 2.24) is 15.1 Å². The molecule has 0 radical (unpaired) electrons. The van der Waals surface area contributed by atoms with E-state index in [2.05, 4.69) is 24.0 Å². The highest BCUT2D eigenvalue weighted by molar-refractivity contribution is 6.00. The monoisotopic (exact) mass is 555 g/mol. The molecule has 2 N–H and O–H groups in total. The summed E-state index contributed by atoms with van der Waals surface area (Å²) in [7, 11) is 3.26. The number of H-pyrrole nitrogens is 1. The van der Waals surface area contributed by atoms with Gasteiger partial charge in [0.1, 0.15) is 22.9 Å². The van der Waals surface area contributed by atoms with Crippen molar-refractivity contribution in [2.75, 3.05) is 27.4 Å². The highest BCUT2D eigenvalue weighted by atomic mass is 16.5. The predicted molar refractivity (Wildman–Crippen MR) is 158 cm³/mol. The molecule has 5 rings (SSSR count). The number of carbonyl (C=O) groups excluding carboxylic acids is 1. The van der Waals surface area contributed by atoms with E-state index in [4.69, 9.17) is 14.2 Å². The van der Waals surface area contributed by atoms with Crippen molar-refractivity contribution in [1.29, 1.82) is 0 Å². The minimum absolute atomic E-state index is 0.139. The molecule has 0 bridgehead atoms. The standard InChI is InChI=1S/C33H37N3O5/c1-19(2)18-41-26-12-9-23(17-27(26)40-6)31-28-29(25-16-20(3)15-21(4)32(25)37)34-35-30(28)33(38)36(31)14-13-22-7-10-24(39-5)11-8-22/h7-12,15-17,19,31,37H,13-14,18H2,1-6H3,(H,34,35). The van der Waals surface area contributed by atoms with Crippen molar-refractivity contribution >= 4 is 5.91 Å². The second-order valence-electron chi connectivity index (χ2n) is 11.0. The number of aromatic amines is 1. The Hall–Kier alpha value is -4.46. The molecule has 3 aromatic carbocycles. The number of carbonyl (C=O) groups is 1. The van der Waals surface area contributed by atoms with E-state index < -0.39 is 6.04 Å². The zero-order valence-electron chi connectivity index (χ0n) is 24.4. The Kier molecular flexibility index (Phi) is 7.92. The first-order valence-corrected chi connectivity index (χ1v) is 13.8. The Morgan fingerprint density at radius 1 is 1.00 bits per heavy atom. The molecule has 1 atom stereocenters. The van der Waals surface area contributed by atoms with Gasteiger partial charge in [-0.05, 0) is 78.8 Å². The number of nitrogens with one attached hydrogen (secondary N) is 1. The maximum atomic E-state index is 13.9. The summed E-state index contributed by atoms with van der Waals surface area (Å²) in [6, 6.07) is 17.1. The average molecular weight is 556 g/mol. The van der Waals surface area contributed by atoms with Crippen LogP contribution in [0.4, 0.5) is 0 Å². The molecular formula is C33H37N3O5. The van der Waals surface area contributed by atoms with Crippen molar-refractivity contribution in [3.8, 4) is 34.3 Å². The molecule has 214 valence electrons. The van der Waals surface area contributed by atoms with E-state index in [9.17, 15) is 9.90 Å². The third kappa shape index (κ3) is 5.46. The van der Waals surface area contributed by atoms with Gasteiger partial charge in [0.05, 0.1) is 26.9 Å². The number of aryl methyl sites for hydroxylation is 2. The molecule has 1 aliphatic rings. The van der Waals surface area contributed by atoms with Crippen LogP contribution >= 0.6 is 0 Å². The molecule has 1 unspecified atom stereocenters. The number of aromatic hydroxyl groups is 1. The fraction of sp³-hybridized carbons (Fsp3) is 0.333. The quantitative estimate of drug-likeness (QED) is 0.241. The van der Waals surface area contributed by atoms with E-state index in [0.717, 1.165) is 33.6 Å². The number of phenols is 1. The molecule has 8 nitrogen and oxygen atoms in total. The van der Waals surface area contributed by atoms with Crippen molar-refractivity contribution in [3.05, 3.63) is 88.1 Å². The first-order chi connectivity index (χ1) is 19.7. The molecule has 8 heteroatoms. The molecule has 41 heavy (non-hydrogen) atoms. The summed E-state index contributed by atoms with van der Waals surface area (Å²) in [5, 5.41) is 18.6. The first kappa shape index (κ1) is 28.1. The SMILES string of the molecule is COc1ccc(CCN2C(=O)c3[nH]nc(-c4cc(C)cc(C)c4O)c3C2c2ccc(OCC(C)C)c(OC)c2)cc1. The van der Waals surface area contributed by atoms with Crippen LogP contribution in [0.3, 0.4) is 0 Å².